The summed E-state index contributed by atoms with van der Waals surface area (Å²) in [4.78, 5) is 36.5. The molecular weight excluding hydrogens is 280 g/mol. The number of carbonyl (C=O) groups is 3. The molecule has 0 aliphatic rings. The highest BCUT2D eigenvalue weighted by molar-refractivity contribution is 6.13. The molecule has 0 spiro atoms. The Morgan fingerprint density at radius 2 is 1.18 bits per heavy atom. The highest BCUT2D eigenvalue weighted by atomic mass is 16.3. The van der Waals surface area contributed by atoms with Crippen LogP contribution in [-0.4, -0.2) is 22.5 Å². The Labute approximate surface area is 131 Å². The van der Waals surface area contributed by atoms with Crippen LogP contribution in [0.1, 0.15) is 90.4 Å². The van der Waals surface area contributed by atoms with Crippen LogP contribution in [0.3, 0.4) is 0 Å². The van der Waals surface area contributed by atoms with Crippen molar-refractivity contribution in [3.8, 4) is 5.75 Å². The molecule has 0 bridgehead atoms. The van der Waals surface area contributed by atoms with Crippen LogP contribution in [0.2, 0.25) is 0 Å². The van der Waals surface area contributed by atoms with Crippen LogP contribution in [0.5, 0.6) is 5.75 Å². The minimum absolute atomic E-state index is 0.0160. The fraction of sp³-hybridized carbons (Fsp3) is 0.500. The first kappa shape index (κ1) is 18.1. The van der Waals surface area contributed by atoms with Crippen LogP contribution in [0.4, 0.5) is 0 Å². The monoisotopic (exact) mass is 304 g/mol. The minimum atomic E-state index is -0.334. The molecule has 0 saturated heterocycles. The average molecular weight is 304 g/mol. The molecule has 0 atom stereocenters. The topological polar surface area (TPSA) is 71.4 Å². The van der Waals surface area contributed by atoms with Gasteiger partial charge in [0, 0.05) is 24.8 Å². The summed E-state index contributed by atoms with van der Waals surface area (Å²) in [5.41, 5.74) is 0.377. The lowest BCUT2D eigenvalue weighted by Crippen LogP contribution is -2.12. The van der Waals surface area contributed by atoms with Crippen LogP contribution in [0.15, 0.2) is 12.1 Å². The van der Waals surface area contributed by atoms with E-state index in [1.807, 2.05) is 20.8 Å². The molecule has 0 aliphatic carbocycles. The molecule has 4 heteroatoms. The third kappa shape index (κ3) is 4.03. The van der Waals surface area contributed by atoms with Gasteiger partial charge in [-0.1, -0.05) is 20.8 Å². The zero-order chi connectivity index (χ0) is 16.7. The zero-order valence-corrected chi connectivity index (χ0v) is 13.6. The molecule has 120 valence electrons. The van der Waals surface area contributed by atoms with Gasteiger partial charge in [-0.05, 0) is 31.4 Å². The van der Waals surface area contributed by atoms with Crippen molar-refractivity contribution < 1.29 is 19.5 Å². The molecule has 0 unspecified atom stereocenters. The van der Waals surface area contributed by atoms with Crippen LogP contribution < -0.4 is 0 Å². The maximum atomic E-state index is 12.3. The molecule has 4 nitrogen and oxygen atoms in total. The largest absolute Gasteiger partial charge is 0.506 e. The third-order valence-electron chi connectivity index (χ3n) is 3.49. The van der Waals surface area contributed by atoms with E-state index in [9.17, 15) is 19.5 Å². The van der Waals surface area contributed by atoms with E-state index in [2.05, 4.69) is 0 Å². The van der Waals surface area contributed by atoms with Gasteiger partial charge in [0.25, 0.3) is 0 Å². The summed E-state index contributed by atoms with van der Waals surface area (Å²) >= 11 is 0. The highest BCUT2D eigenvalue weighted by Gasteiger charge is 2.24. The van der Waals surface area contributed by atoms with E-state index in [1.165, 1.54) is 12.1 Å². The maximum absolute atomic E-state index is 12.3. The number of benzene rings is 1. The molecule has 1 aromatic carbocycles. The number of carbonyl (C=O) groups excluding carboxylic acids is 3. The number of phenols is 1. The van der Waals surface area contributed by atoms with E-state index >= 15 is 0 Å². The van der Waals surface area contributed by atoms with Gasteiger partial charge in [0.2, 0.25) is 0 Å². The Morgan fingerprint density at radius 3 is 1.68 bits per heavy atom. The zero-order valence-electron chi connectivity index (χ0n) is 13.6. The number of ketones is 3. The Bertz CT molecular complexity index is 573. The summed E-state index contributed by atoms with van der Waals surface area (Å²) in [7, 11) is 0. The van der Waals surface area contributed by atoms with E-state index in [4.69, 9.17) is 0 Å². The van der Waals surface area contributed by atoms with Crippen LogP contribution in [0, 0.1) is 0 Å². The predicted octanol–water partition coefficient (Wildman–Crippen LogP) is 4.34. The van der Waals surface area contributed by atoms with Crippen molar-refractivity contribution in [2.24, 2.45) is 0 Å². The molecular formula is C18H24O4. The first-order valence-electron chi connectivity index (χ1n) is 7.93. The second-order valence-corrected chi connectivity index (χ2v) is 5.40. The summed E-state index contributed by atoms with van der Waals surface area (Å²) in [6.45, 7) is 5.61. The second-order valence-electron chi connectivity index (χ2n) is 5.40. The van der Waals surface area contributed by atoms with Crippen molar-refractivity contribution in [1.82, 2.24) is 0 Å². The Balaban J connectivity index is 3.41. The van der Waals surface area contributed by atoms with Gasteiger partial charge in [-0.15, -0.1) is 0 Å². The first-order valence-corrected chi connectivity index (χ1v) is 7.93. The molecule has 0 amide bonds. The van der Waals surface area contributed by atoms with Gasteiger partial charge in [0.05, 0.1) is 11.1 Å². The lowest BCUT2D eigenvalue weighted by molar-refractivity contribution is 0.0943. The fourth-order valence-electron chi connectivity index (χ4n) is 2.41. The molecule has 0 fully saturated rings. The SMILES string of the molecule is CCCC(=O)c1ccc(C(=O)CCC)c(C(=O)CCC)c1O. The van der Waals surface area contributed by atoms with Crippen LogP contribution in [0.25, 0.3) is 0 Å². The first-order chi connectivity index (χ1) is 10.5. The van der Waals surface area contributed by atoms with Gasteiger partial charge in [0.15, 0.2) is 17.3 Å². The predicted molar refractivity (Wildman–Crippen MR) is 85.8 cm³/mol. The number of Topliss-reactive ketones (excluding diaryl/α,β-unsaturated/α-hetero) is 3. The maximum Gasteiger partial charge on any atom is 0.167 e. The van der Waals surface area contributed by atoms with Crippen molar-refractivity contribution >= 4 is 17.3 Å². The van der Waals surface area contributed by atoms with Crippen LogP contribution in [-0.2, 0) is 0 Å². The Hall–Kier alpha value is -1.97. The van der Waals surface area contributed by atoms with Crippen molar-refractivity contribution in [1.29, 1.82) is 0 Å². The summed E-state index contributed by atoms with van der Waals surface area (Å²) in [6.07, 6.45) is 2.80. The molecule has 0 saturated carbocycles. The summed E-state index contributed by atoms with van der Waals surface area (Å²) < 4.78 is 0. The van der Waals surface area contributed by atoms with Gasteiger partial charge in [0.1, 0.15) is 5.75 Å². The average Bonchev–Trinajstić information content (AvgIpc) is 2.47. The number of phenolic OH excluding ortho intramolecular Hbond substituents is 1. The second kappa shape index (κ2) is 8.47. The van der Waals surface area contributed by atoms with Gasteiger partial charge < -0.3 is 5.11 Å². The normalized spacial score (nSPS) is 10.5. The lowest BCUT2D eigenvalue weighted by atomic mass is 9.91. The number of aromatic hydroxyl groups is 1. The number of hydrogen-bond acceptors (Lipinski definition) is 4. The molecule has 1 rings (SSSR count). The molecule has 0 radical (unpaired) electrons. The molecule has 0 aliphatic heterocycles. The van der Waals surface area contributed by atoms with Gasteiger partial charge in [-0.3, -0.25) is 14.4 Å². The van der Waals surface area contributed by atoms with E-state index in [-0.39, 0.29) is 46.2 Å². The van der Waals surface area contributed by atoms with Crippen molar-refractivity contribution in [2.75, 3.05) is 0 Å². The van der Waals surface area contributed by atoms with Crippen LogP contribution >= 0.6 is 0 Å². The van der Waals surface area contributed by atoms with Crippen molar-refractivity contribution in [2.45, 2.75) is 59.3 Å². The third-order valence-corrected chi connectivity index (χ3v) is 3.49. The minimum Gasteiger partial charge on any atom is -0.506 e. The van der Waals surface area contributed by atoms with E-state index in [0.29, 0.717) is 32.1 Å². The molecule has 1 N–H and O–H groups in total. The number of hydrogen-bond donors (Lipinski definition) is 1. The Kier molecular flexibility index (Phi) is 6.96. The summed E-state index contributed by atoms with van der Waals surface area (Å²) in [5.74, 6) is -1.00. The van der Waals surface area contributed by atoms with Gasteiger partial charge in [-0.2, -0.15) is 0 Å². The Morgan fingerprint density at radius 1 is 0.773 bits per heavy atom. The molecule has 0 heterocycles. The lowest BCUT2D eigenvalue weighted by Gasteiger charge is -2.13. The van der Waals surface area contributed by atoms with E-state index < -0.39 is 0 Å². The van der Waals surface area contributed by atoms with Crippen molar-refractivity contribution in [3.63, 3.8) is 0 Å². The van der Waals surface area contributed by atoms with E-state index in [0.717, 1.165) is 0 Å². The molecule has 0 aromatic heterocycles. The van der Waals surface area contributed by atoms with Crippen molar-refractivity contribution in [3.05, 3.63) is 28.8 Å². The molecule has 1 aromatic rings. The highest BCUT2D eigenvalue weighted by Crippen LogP contribution is 2.30. The van der Waals surface area contributed by atoms with E-state index in [1.54, 1.807) is 0 Å². The standard InChI is InChI=1S/C18H24O4/c1-4-7-14(19)12-10-11-13(15(20)8-5-2)18(22)17(12)16(21)9-6-3/h10-11,22H,4-9H2,1-3H3. The fourth-order valence-corrected chi connectivity index (χ4v) is 2.41. The summed E-state index contributed by atoms with van der Waals surface area (Å²) in [5, 5.41) is 10.4. The smallest absolute Gasteiger partial charge is 0.167 e. The molecule has 22 heavy (non-hydrogen) atoms. The number of rotatable bonds is 9. The van der Waals surface area contributed by atoms with Gasteiger partial charge in [-0.25, -0.2) is 0 Å². The quantitative estimate of drug-likeness (QED) is 0.689. The summed E-state index contributed by atoms with van der Waals surface area (Å²) in [6, 6.07) is 2.96. The van der Waals surface area contributed by atoms with Gasteiger partial charge >= 0.3 is 0 Å².